The standard InChI is InChI=1S/C16H14N6S2.HI/c1-3-21-15-11(9-18)13(12-6-5-7-24-12)10(8-17)14(19)22(15)20-16(21)23-4-2;/h5-7,19H,3-4H2,1-2H3;1H. The second-order valence-electron chi connectivity index (χ2n) is 4.91. The zero-order chi connectivity index (χ0) is 17.3. The van der Waals surface area contributed by atoms with Gasteiger partial charge in [-0.25, -0.2) is 4.57 Å². The van der Waals surface area contributed by atoms with Crippen LogP contribution in [0.2, 0.25) is 0 Å². The molecule has 0 saturated heterocycles. The van der Waals surface area contributed by atoms with Crippen molar-refractivity contribution in [2.75, 3.05) is 11.5 Å². The van der Waals surface area contributed by atoms with Crippen molar-refractivity contribution >= 4 is 34.6 Å². The van der Waals surface area contributed by atoms with E-state index in [1.807, 2.05) is 35.9 Å². The number of aromatic nitrogens is 3. The molecule has 3 aromatic rings. The van der Waals surface area contributed by atoms with Crippen LogP contribution in [0.5, 0.6) is 0 Å². The first kappa shape index (κ1) is 19.5. The van der Waals surface area contributed by atoms with Gasteiger partial charge < -0.3 is 29.7 Å². The molecule has 0 bridgehead atoms. The maximum atomic E-state index is 9.83. The molecule has 0 aromatic carbocycles. The number of nitriles is 2. The molecule has 0 aliphatic rings. The van der Waals surface area contributed by atoms with Crippen LogP contribution >= 0.6 is 23.1 Å². The van der Waals surface area contributed by atoms with Crippen molar-refractivity contribution in [1.29, 1.82) is 10.5 Å². The zero-order valence-electron chi connectivity index (χ0n) is 13.7. The van der Waals surface area contributed by atoms with Gasteiger partial charge in [-0.15, -0.1) is 11.3 Å². The molecule has 0 radical (unpaired) electrons. The number of nitrogens with zero attached hydrogens (tertiary/aromatic N) is 5. The average Bonchev–Trinajstić information content (AvgIpc) is 3.22. The third-order valence-electron chi connectivity index (χ3n) is 3.66. The van der Waals surface area contributed by atoms with Crippen molar-refractivity contribution in [3.63, 3.8) is 0 Å². The van der Waals surface area contributed by atoms with Crippen molar-refractivity contribution in [1.82, 2.24) is 9.61 Å². The van der Waals surface area contributed by atoms with Crippen LogP contribution in [0.15, 0.2) is 22.7 Å². The topological polar surface area (TPSA) is 94.8 Å². The third kappa shape index (κ3) is 3.08. The van der Waals surface area contributed by atoms with Gasteiger partial charge in [-0.2, -0.15) is 10.5 Å². The summed E-state index contributed by atoms with van der Waals surface area (Å²) >= 11 is 3.06. The molecule has 0 saturated carbocycles. The van der Waals surface area contributed by atoms with Gasteiger partial charge in [0.05, 0.1) is 11.6 Å². The second-order valence-corrected chi connectivity index (χ2v) is 7.09. The van der Waals surface area contributed by atoms with Crippen LogP contribution < -0.4 is 34.3 Å². The maximum absolute atomic E-state index is 9.83. The molecule has 3 heterocycles. The van der Waals surface area contributed by atoms with E-state index < -0.39 is 0 Å². The summed E-state index contributed by atoms with van der Waals surface area (Å²) in [6.45, 7) is 4.71. The van der Waals surface area contributed by atoms with Crippen molar-refractivity contribution in [2.24, 2.45) is 0 Å². The minimum absolute atomic E-state index is 0. The smallest absolute Gasteiger partial charge is 0.337 e. The second kappa shape index (κ2) is 8.04. The monoisotopic (exact) mass is 482 g/mol. The normalized spacial score (nSPS) is 10.2. The molecule has 6 nitrogen and oxygen atoms in total. The van der Waals surface area contributed by atoms with Gasteiger partial charge in [-0.05, 0) is 30.1 Å². The van der Waals surface area contributed by atoms with Crippen LogP contribution in [0, 0.1) is 22.7 Å². The Labute approximate surface area is 170 Å². The highest BCUT2D eigenvalue weighted by Crippen LogP contribution is 2.35. The molecule has 128 valence electrons. The van der Waals surface area contributed by atoms with Gasteiger partial charge in [-0.1, -0.05) is 17.5 Å². The fourth-order valence-electron chi connectivity index (χ4n) is 2.68. The molecule has 0 fully saturated rings. The van der Waals surface area contributed by atoms with Crippen molar-refractivity contribution < 1.29 is 28.5 Å². The first-order chi connectivity index (χ1) is 11.7. The Morgan fingerprint density at radius 1 is 1.32 bits per heavy atom. The third-order valence-corrected chi connectivity index (χ3v) is 5.40. The maximum Gasteiger partial charge on any atom is 0.337 e. The number of thioether (sulfide) groups is 1. The first-order valence-corrected chi connectivity index (χ1v) is 9.29. The minimum Gasteiger partial charge on any atom is -1.00 e. The molecular weight excluding hydrogens is 467 g/mol. The lowest BCUT2D eigenvalue weighted by molar-refractivity contribution is -0.706. The summed E-state index contributed by atoms with van der Waals surface area (Å²) in [7, 11) is 0. The molecule has 0 unspecified atom stereocenters. The summed E-state index contributed by atoms with van der Waals surface area (Å²) < 4.78 is 3.50. The fourth-order valence-corrected chi connectivity index (χ4v) is 4.23. The summed E-state index contributed by atoms with van der Waals surface area (Å²) in [5, 5.41) is 26.7. The fraction of sp³-hybridized carbons (Fsp3) is 0.250. The van der Waals surface area contributed by atoms with Gasteiger partial charge in [-0.3, -0.25) is 0 Å². The Kier molecular flexibility index (Phi) is 6.27. The highest BCUT2D eigenvalue weighted by molar-refractivity contribution is 7.99. The lowest BCUT2D eigenvalue weighted by Gasteiger charge is -2.06. The van der Waals surface area contributed by atoms with Crippen LogP contribution in [0.25, 0.3) is 16.1 Å². The molecule has 0 amide bonds. The number of hydrogen-bond donors (Lipinski definition) is 1. The van der Waals surface area contributed by atoms with Crippen molar-refractivity contribution in [3.8, 4) is 22.6 Å². The molecule has 25 heavy (non-hydrogen) atoms. The van der Waals surface area contributed by atoms with Crippen LogP contribution in [0.4, 0.5) is 5.82 Å². The van der Waals surface area contributed by atoms with Gasteiger partial charge in [0.2, 0.25) is 5.82 Å². The minimum atomic E-state index is 0. The average molecular weight is 482 g/mol. The van der Waals surface area contributed by atoms with E-state index in [4.69, 9.17) is 5.73 Å². The number of pyridine rings is 1. The Balaban J connectivity index is 0.00000225. The van der Waals surface area contributed by atoms with Gasteiger partial charge in [0, 0.05) is 16.2 Å². The summed E-state index contributed by atoms with van der Waals surface area (Å²) in [6, 6.07) is 8.21. The number of rotatable bonds is 4. The molecular formula is C16H15IN6S2. The lowest BCUT2D eigenvalue weighted by Crippen LogP contribution is -3.00. The number of nitrogens with two attached hydrogens (primary N) is 1. The first-order valence-electron chi connectivity index (χ1n) is 7.42. The highest BCUT2D eigenvalue weighted by atomic mass is 127. The van der Waals surface area contributed by atoms with E-state index in [-0.39, 0.29) is 29.8 Å². The van der Waals surface area contributed by atoms with Gasteiger partial charge in [0.15, 0.2) is 0 Å². The zero-order valence-corrected chi connectivity index (χ0v) is 17.4. The van der Waals surface area contributed by atoms with E-state index in [1.54, 1.807) is 11.8 Å². The van der Waals surface area contributed by atoms with Gasteiger partial charge in [0.1, 0.15) is 23.3 Å². The Morgan fingerprint density at radius 2 is 2.04 bits per heavy atom. The Morgan fingerprint density at radius 3 is 2.56 bits per heavy atom. The predicted octanol–water partition coefficient (Wildman–Crippen LogP) is -0.188. The van der Waals surface area contributed by atoms with E-state index in [0.717, 1.165) is 15.8 Å². The van der Waals surface area contributed by atoms with Crippen LogP contribution in [-0.2, 0) is 6.54 Å². The number of fused-ring (bicyclic) bond motifs is 1. The van der Waals surface area contributed by atoms with Crippen molar-refractivity contribution in [3.05, 3.63) is 28.6 Å². The van der Waals surface area contributed by atoms with E-state index in [1.165, 1.54) is 15.9 Å². The highest BCUT2D eigenvalue weighted by Gasteiger charge is 2.31. The molecule has 9 heteroatoms. The molecule has 2 N–H and O–H groups in total. The van der Waals surface area contributed by atoms with Crippen molar-refractivity contribution in [2.45, 2.75) is 25.5 Å². The molecule has 0 spiro atoms. The SMILES string of the molecule is CCSc1nn2c(N)c(C#N)c(-c3cccs3)c(C#N)c2[n+]1CC.[I-]. The predicted molar refractivity (Wildman–Crippen MR) is 94.6 cm³/mol. The van der Waals surface area contributed by atoms with Crippen LogP contribution in [0.3, 0.4) is 0 Å². The van der Waals surface area contributed by atoms with E-state index in [0.29, 0.717) is 28.9 Å². The summed E-state index contributed by atoms with van der Waals surface area (Å²) in [5.41, 5.74) is 8.19. The molecule has 3 rings (SSSR count). The van der Waals surface area contributed by atoms with E-state index >= 15 is 0 Å². The summed E-state index contributed by atoms with van der Waals surface area (Å²) in [5.74, 6) is 1.12. The molecule has 0 aliphatic heterocycles. The largest absolute Gasteiger partial charge is 1.00 e. The quantitative estimate of drug-likeness (QED) is 0.316. The molecule has 3 aromatic heterocycles. The molecule has 0 atom stereocenters. The number of hydrogen-bond acceptors (Lipinski definition) is 6. The number of anilines is 1. The lowest BCUT2D eigenvalue weighted by atomic mass is 10.0. The molecule has 0 aliphatic carbocycles. The van der Waals surface area contributed by atoms with E-state index in [9.17, 15) is 10.5 Å². The van der Waals surface area contributed by atoms with Gasteiger partial charge >= 0.3 is 5.16 Å². The summed E-state index contributed by atoms with van der Waals surface area (Å²) in [4.78, 5) is 0.853. The van der Waals surface area contributed by atoms with Gasteiger partial charge in [0.25, 0.3) is 5.65 Å². The van der Waals surface area contributed by atoms with E-state index in [2.05, 4.69) is 17.2 Å². The van der Waals surface area contributed by atoms with Crippen LogP contribution in [-0.4, -0.2) is 15.4 Å². The number of aryl methyl sites for hydroxylation is 1. The Hall–Kier alpha value is -1.82. The van der Waals surface area contributed by atoms with Crippen LogP contribution in [0.1, 0.15) is 25.0 Å². The Bertz CT molecular complexity index is 995. The number of halogens is 1. The number of nitrogen functional groups attached to an aromatic ring is 1. The summed E-state index contributed by atoms with van der Waals surface area (Å²) in [6.07, 6.45) is 0. The number of thiophene rings is 1.